The highest BCUT2D eigenvalue weighted by atomic mass is 15.2. The lowest BCUT2D eigenvalue weighted by Gasteiger charge is -2.30. The Morgan fingerprint density at radius 1 is 1.16 bits per heavy atom. The minimum Gasteiger partial charge on any atom is -0.315 e. The number of hydrogen-bond donors (Lipinski definition) is 1. The Hall–Kier alpha value is -0.120. The van der Waals surface area contributed by atoms with Crippen LogP contribution < -0.4 is 5.32 Å². The molecule has 1 unspecified atom stereocenters. The minimum absolute atomic E-state index is 0.630. The van der Waals surface area contributed by atoms with Crippen LogP contribution in [-0.2, 0) is 0 Å². The highest BCUT2D eigenvalue weighted by Gasteiger charge is 2.20. The predicted octanol–water partition coefficient (Wildman–Crippen LogP) is 2.57. The van der Waals surface area contributed by atoms with E-state index in [-0.39, 0.29) is 0 Å². The molecule has 19 heavy (non-hydrogen) atoms. The van der Waals surface area contributed by atoms with E-state index < -0.39 is 0 Å². The molecule has 0 aromatic rings. The molecule has 0 radical (unpaired) electrons. The molecule has 1 saturated heterocycles. The van der Waals surface area contributed by atoms with Crippen molar-refractivity contribution in [1.29, 1.82) is 0 Å². The minimum atomic E-state index is 0.630. The zero-order chi connectivity index (χ0) is 14.1. The molecule has 0 amide bonds. The Morgan fingerprint density at radius 2 is 1.95 bits per heavy atom. The maximum absolute atomic E-state index is 3.50. The molecule has 0 spiro atoms. The molecule has 1 rings (SSSR count). The monoisotopic (exact) mass is 269 g/mol. The van der Waals surface area contributed by atoms with Gasteiger partial charge < -0.3 is 10.2 Å². The van der Waals surface area contributed by atoms with Crippen LogP contribution in [0.15, 0.2) is 0 Å². The first kappa shape index (κ1) is 16.9. The highest BCUT2D eigenvalue weighted by molar-refractivity contribution is 4.77. The van der Waals surface area contributed by atoms with Gasteiger partial charge in [-0.2, -0.15) is 0 Å². The van der Waals surface area contributed by atoms with E-state index in [0.717, 1.165) is 6.04 Å². The Balaban J connectivity index is 2.15. The summed E-state index contributed by atoms with van der Waals surface area (Å²) in [5.74, 6) is 0. The first-order valence-electron chi connectivity index (χ1n) is 8.29. The van der Waals surface area contributed by atoms with E-state index in [9.17, 15) is 0 Å². The van der Waals surface area contributed by atoms with Gasteiger partial charge >= 0.3 is 0 Å². The van der Waals surface area contributed by atoms with Crippen molar-refractivity contribution in [3.05, 3.63) is 0 Å². The van der Waals surface area contributed by atoms with Gasteiger partial charge in [0, 0.05) is 18.6 Å². The summed E-state index contributed by atoms with van der Waals surface area (Å²) >= 11 is 0. The lowest BCUT2D eigenvalue weighted by Crippen LogP contribution is -2.40. The van der Waals surface area contributed by atoms with Crippen molar-refractivity contribution in [3.8, 4) is 0 Å². The second kappa shape index (κ2) is 9.73. The quantitative estimate of drug-likeness (QED) is 0.683. The molecule has 0 aromatic heterocycles. The van der Waals surface area contributed by atoms with Crippen LogP contribution in [0, 0.1) is 0 Å². The molecule has 1 fully saturated rings. The zero-order valence-corrected chi connectivity index (χ0v) is 13.6. The fourth-order valence-corrected chi connectivity index (χ4v) is 2.98. The number of hydrogen-bond acceptors (Lipinski definition) is 3. The zero-order valence-electron chi connectivity index (χ0n) is 13.6. The third-order valence-electron chi connectivity index (χ3n) is 4.17. The van der Waals surface area contributed by atoms with Crippen LogP contribution in [0.4, 0.5) is 0 Å². The standard InChI is InChI=1S/C16H35N3/c1-5-16-14-18(4)11-9-13-19(16)12-8-6-7-10-17-15(2)3/h15-17H,5-14H2,1-4H3. The topological polar surface area (TPSA) is 18.5 Å². The first-order valence-corrected chi connectivity index (χ1v) is 8.29. The number of likely N-dealkylation sites (N-methyl/N-ethyl adjacent to an activating group) is 1. The molecule has 0 aliphatic carbocycles. The number of rotatable bonds is 8. The van der Waals surface area contributed by atoms with E-state index in [4.69, 9.17) is 0 Å². The van der Waals surface area contributed by atoms with Crippen molar-refractivity contribution < 1.29 is 0 Å². The van der Waals surface area contributed by atoms with Crippen molar-refractivity contribution in [2.45, 2.75) is 65.0 Å². The number of nitrogens with zero attached hydrogens (tertiary/aromatic N) is 2. The van der Waals surface area contributed by atoms with Gasteiger partial charge in [0.25, 0.3) is 0 Å². The normalized spacial score (nSPS) is 22.9. The molecule has 3 heteroatoms. The third kappa shape index (κ3) is 7.28. The molecular weight excluding hydrogens is 234 g/mol. The summed E-state index contributed by atoms with van der Waals surface area (Å²) in [7, 11) is 2.27. The molecule has 1 heterocycles. The fraction of sp³-hybridized carbons (Fsp3) is 1.00. The highest BCUT2D eigenvalue weighted by Crippen LogP contribution is 2.13. The van der Waals surface area contributed by atoms with Gasteiger partial charge in [0.15, 0.2) is 0 Å². The van der Waals surface area contributed by atoms with Gasteiger partial charge in [0.2, 0.25) is 0 Å². The largest absolute Gasteiger partial charge is 0.315 e. The molecule has 3 nitrogen and oxygen atoms in total. The van der Waals surface area contributed by atoms with Crippen LogP contribution in [0.1, 0.15) is 52.9 Å². The van der Waals surface area contributed by atoms with E-state index in [1.165, 1.54) is 64.8 Å². The van der Waals surface area contributed by atoms with Gasteiger partial charge in [-0.15, -0.1) is 0 Å². The van der Waals surface area contributed by atoms with Gasteiger partial charge in [-0.25, -0.2) is 0 Å². The van der Waals surface area contributed by atoms with Crippen molar-refractivity contribution in [3.63, 3.8) is 0 Å². The predicted molar refractivity (Wildman–Crippen MR) is 84.8 cm³/mol. The Morgan fingerprint density at radius 3 is 2.63 bits per heavy atom. The van der Waals surface area contributed by atoms with Crippen LogP contribution in [0.5, 0.6) is 0 Å². The molecule has 0 aromatic carbocycles. The molecule has 0 bridgehead atoms. The van der Waals surface area contributed by atoms with E-state index in [1.807, 2.05) is 0 Å². The summed E-state index contributed by atoms with van der Waals surface area (Å²) in [5.41, 5.74) is 0. The van der Waals surface area contributed by atoms with Crippen LogP contribution in [0.3, 0.4) is 0 Å². The van der Waals surface area contributed by atoms with Crippen LogP contribution in [0.25, 0.3) is 0 Å². The van der Waals surface area contributed by atoms with E-state index in [1.54, 1.807) is 0 Å². The fourth-order valence-electron chi connectivity index (χ4n) is 2.98. The Labute approximate surface area is 120 Å². The van der Waals surface area contributed by atoms with Crippen molar-refractivity contribution in [1.82, 2.24) is 15.1 Å². The number of unbranched alkanes of at least 4 members (excludes halogenated alkanes) is 2. The Kier molecular flexibility index (Phi) is 8.67. The second-order valence-electron chi connectivity index (χ2n) is 6.38. The van der Waals surface area contributed by atoms with Gasteiger partial charge in [0.1, 0.15) is 0 Å². The van der Waals surface area contributed by atoms with Crippen molar-refractivity contribution in [2.24, 2.45) is 0 Å². The van der Waals surface area contributed by atoms with E-state index in [2.05, 4.69) is 42.9 Å². The molecular formula is C16H35N3. The second-order valence-corrected chi connectivity index (χ2v) is 6.38. The molecule has 0 saturated carbocycles. The SMILES string of the molecule is CCC1CN(C)CCCN1CCCCCNC(C)C. The van der Waals surface area contributed by atoms with Crippen molar-refractivity contribution in [2.75, 3.05) is 39.8 Å². The summed E-state index contributed by atoms with van der Waals surface area (Å²) in [6.07, 6.45) is 6.67. The summed E-state index contributed by atoms with van der Waals surface area (Å²) in [6, 6.07) is 1.41. The van der Waals surface area contributed by atoms with Gasteiger partial charge in [-0.3, -0.25) is 4.90 Å². The maximum atomic E-state index is 3.50. The average Bonchev–Trinajstić information content (AvgIpc) is 2.54. The number of nitrogens with one attached hydrogen (secondary N) is 1. The molecule has 114 valence electrons. The van der Waals surface area contributed by atoms with Crippen LogP contribution in [0.2, 0.25) is 0 Å². The summed E-state index contributed by atoms with van der Waals surface area (Å²) in [4.78, 5) is 5.24. The smallest absolute Gasteiger partial charge is 0.0220 e. The van der Waals surface area contributed by atoms with Gasteiger partial charge in [-0.05, 0) is 58.9 Å². The third-order valence-corrected chi connectivity index (χ3v) is 4.17. The van der Waals surface area contributed by atoms with Gasteiger partial charge in [0.05, 0.1) is 0 Å². The van der Waals surface area contributed by atoms with E-state index in [0.29, 0.717) is 6.04 Å². The summed E-state index contributed by atoms with van der Waals surface area (Å²) < 4.78 is 0. The first-order chi connectivity index (χ1) is 9.13. The van der Waals surface area contributed by atoms with Crippen LogP contribution in [-0.4, -0.2) is 61.7 Å². The lowest BCUT2D eigenvalue weighted by molar-refractivity contribution is 0.180. The average molecular weight is 269 g/mol. The molecule has 1 N–H and O–H groups in total. The molecule has 1 aliphatic rings. The lowest BCUT2D eigenvalue weighted by atomic mass is 10.1. The summed E-state index contributed by atoms with van der Waals surface area (Å²) in [6.45, 7) is 13.1. The maximum Gasteiger partial charge on any atom is 0.0220 e. The summed E-state index contributed by atoms with van der Waals surface area (Å²) in [5, 5.41) is 3.50. The Bertz CT molecular complexity index is 218. The van der Waals surface area contributed by atoms with Crippen LogP contribution >= 0.6 is 0 Å². The van der Waals surface area contributed by atoms with E-state index >= 15 is 0 Å². The van der Waals surface area contributed by atoms with Crippen molar-refractivity contribution >= 4 is 0 Å². The molecule has 1 aliphatic heterocycles. The van der Waals surface area contributed by atoms with Gasteiger partial charge in [-0.1, -0.05) is 27.2 Å². The molecule has 1 atom stereocenters.